The van der Waals surface area contributed by atoms with E-state index in [1.165, 1.54) is 22.4 Å². The number of amides is 2. The lowest BCUT2D eigenvalue weighted by Crippen LogP contribution is -2.32. The average Bonchev–Trinajstić information content (AvgIpc) is 3.17. The summed E-state index contributed by atoms with van der Waals surface area (Å²) < 4.78 is 9.96. The summed E-state index contributed by atoms with van der Waals surface area (Å²) in [6.45, 7) is 7.14. The summed E-state index contributed by atoms with van der Waals surface area (Å²) in [6, 6.07) is 35.6. The highest BCUT2D eigenvalue weighted by atomic mass is 16.5. The minimum atomic E-state index is -0.136. The molecule has 0 heterocycles. The van der Waals surface area contributed by atoms with Crippen LogP contribution in [-0.2, 0) is 25.6 Å². The molecule has 10 heteroatoms. The second-order valence-electron chi connectivity index (χ2n) is 11.1. The van der Waals surface area contributed by atoms with Gasteiger partial charge in [-0.05, 0) is 85.3 Å². The molecule has 1 unspecified atom stereocenters. The largest absolute Gasteiger partial charge is 0.497 e. The summed E-state index contributed by atoms with van der Waals surface area (Å²) in [7, 11) is 7.30. The highest BCUT2D eigenvalue weighted by molar-refractivity contribution is 5.71. The number of carbonyl (C=O) groups excluding carboxylic acids is 4. The predicted octanol–water partition coefficient (Wildman–Crippen LogP) is 6.47. The van der Waals surface area contributed by atoms with Crippen molar-refractivity contribution in [1.82, 2.24) is 5.32 Å². The lowest BCUT2D eigenvalue weighted by atomic mass is 9.94. The van der Waals surface area contributed by atoms with Gasteiger partial charge in [-0.15, -0.1) is 0 Å². The van der Waals surface area contributed by atoms with Gasteiger partial charge in [-0.1, -0.05) is 79.2 Å². The summed E-state index contributed by atoms with van der Waals surface area (Å²) in [5.41, 5.74) is 10.0. The molecule has 4 aromatic rings. The molecule has 51 heavy (non-hydrogen) atoms. The van der Waals surface area contributed by atoms with Crippen LogP contribution in [-0.4, -0.2) is 66.8 Å². The average molecular weight is 699 g/mol. The molecule has 0 radical (unpaired) electrons. The normalized spacial score (nSPS) is 10.9. The van der Waals surface area contributed by atoms with Gasteiger partial charge in [-0.3, -0.25) is 9.59 Å². The van der Waals surface area contributed by atoms with Crippen molar-refractivity contribution in [2.24, 2.45) is 5.73 Å². The molecule has 4 N–H and O–H groups in total. The van der Waals surface area contributed by atoms with E-state index in [2.05, 4.69) is 83.7 Å². The number of primary amides is 1. The summed E-state index contributed by atoms with van der Waals surface area (Å²) in [4.78, 5) is 39.9. The molecule has 0 aliphatic carbocycles. The van der Waals surface area contributed by atoms with Crippen LogP contribution in [0.4, 0.5) is 11.4 Å². The zero-order valence-electron chi connectivity index (χ0n) is 30.7. The summed E-state index contributed by atoms with van der Waals surface area (Å²) in [5.74, 6) is 2.19. The van der Waals surface area contributed by atoms with Crippen LogP contribution in [0.1, 0.15) is 37.3 Å². The Morgan fingerprint density at radius 3 is 1.75 bits per heavy atom. The lowest BCUT2D eigenvalue weighted by Gasteiger charge is -2.14. The van der Waals surface area contributed by atoms with Crippen LogP contribution in [0.5, 0.6) is 11.5 Å². The fourth-order valence-corrected chi connectivity index (χ4v) is 4.52. The van der Waals surface area contributed by atoms with Crippen LogP contribution >= 0.6 is 0 Å². The van der Waals surface area contributed by atoms with Gasteiger partial charge in [-0.25, -0.2) is 0 Å². The third kappa shape index (κ3) is 21.1. The molecule has 0 aromatic heterocycles. The maximum Gasteiger partial charge on any atom is 0.211 e. The SMILES string of the molecule is C/C(=C\CN[C@H](C=O)Cc1ccccc1)CC(C)c1ccccc1.C=O.COc1ccc(N(C)C)cc1.COc1ccc(NC=O)cc1.NC=O. The molecule has 2 atom stereocenters. The van der Waals surface area contributed by atoms with E-state index in [4.69, 9.17) is 19.1 Å². The summed E-state index contributed by atoms with van der Waals surface area (Å²) >= 11 is 0. The topological polar surface area (TPSA) is 140 Å². The number of ether oxygens (including phenoxy) is 2. The molecule has 0 aliphatic heterocycles. The highest BCUT2D eigenvalue weighted by Crippen LogP contribution is 2.22. The Hall–Kier alpha value is -5.74. The molecule has 10 nitrogen and oxygen atoms in total. The summed E-state index contributed by atoms with van der Waals surface area (Å²) in [6.07, 6.45) is 5.86. The number of nitrogens with one attached hydrogen (secondary N) is 2. The van der Waals surface area contributed by atoms with Crippen molar-refractivity contribution in [2.45, 2.75) is 38.6 Å². The van der Waals surface area contributed by atoms with Crippen LogP contribution in [0.25, 0.3) is 0 Å². The Kier molecular flexibility index (Phi) is 25.9. The first-order chi connectivity index (χ1) is 24.7. The number of benzene rings is 4. The van der Waals surface area contributed by atoms with Crippen molar-refractivity contribution in [3.05, 3.63) is 132 Å². The van der Waals surface area contributed by atoms with E-state index < -0.39 is 0 Å². The number of nitrogens with two attached hydrogens (primary N) is 1. The van der Waals surface area contributed by atoms with Gasteiger partial charge in [0, 0.05) is 32.0 Å². The van der Waals surface area contributed by atoms with Crippen molar-refractivity contribution < 1.29 is 28.7 Å². The number of methoxy groups -OCH3 is 2. The second kappa shape index (κ2) is 29.2. The van der Waals surface area contributed by atoms with Crippen LogP contribution in [0.3, 0.4) is 0 Å². The zero-order chi connectivity index (χ0) is 38.3. The Labute approximate surface area is 303 Å². The van der Waals surface area contributed by atoms with Crippen molar-refractivity contribution >= 4 is 37.3 Å². The lowest BCUT2D eigenvalue weighted by molar-refractivity contribution is -0.109. The molecule has 0 spiro atoms. The van der Waals surface area contributed by atoms with Crippen LogP contribution in [0.2, 0.25) is 0 Å². The molecular weight excluding hydrogens is 644 g/mol. The van der Waals surface area contributed by atoms with E-state index in [-0.39, 0.29) is 12.5 Å². The first-order valence-corrected chi connectivity index (χ1v) is 16.2. The Morgan fingerprint density at radius 1 is 0.804 bits per heavy atom. The van der Waals surface area contributed by atoms with Gasteiger partial charge in [0.1, 0.15) is 24.6 Å². The third-order valence-electron chi connectivity index (χ3n) is 7.19. The summed E-state index contributed by atoms with van der Waals surface area (Å²) in [5, 5.41) is 5.84. The Bertz CT molecular complexity index is 1480. The highest BCUT2D eigenvalue weighted by Gasteiger charge is 2.08. The number of carbonyl (C=O) groups is 4. The number of aldehydes is 1. The van der Waals surface area contributed by atoms with E-state index in [1.54, 1.807) is 38.5 Å². The number of nitrogens with zero attached hydrogens (tertiary/aromatic N) is 1. The molecule has 0 aliphatic rings. The van der Waals surface area contributed by atoms with Crippen LogP contribution in [0, 0.1) is 0 Å². The predicted molar refractivity (Wildman–Crippen MR) is 209 cm³/mol. The molecule has 2 amide bonds. The van der Waals surface area contributed by atoms with Crippen molar-refractivity contribution in [3.8, 4) is 11.5 Å². The molecule has 0 saturated heterocycles. The maximum absolute atomic E-state index is 11.3. The van der Waals surface area contributed by atoms with Crippen molar-refractivity contribution in [3.63, 3.8) is 0 Å². The minimum absolute atomic E-state index is 0.136. The monoisotopic (exact) mass is 698 g/mol. The fourth-order valence-electron chi connectivity index (χ4n) is 4.52. The number of rotatable bonds is 14. The second-order valence-corrected chi connectivity index (χ2v) is 11.1. The molecule has 0 saturated carbocycles. The molecular formula is C41H54N4O6. The van der Waals surface area contributed by atoms with Gasteiger partial charge in [0.25, 0.3) is 0 Å². The van der Waals surface area contributed by atoms with Gasteiger partial charge < -0.3 is 40.3 Å². The fraction of sp³-hybridized carbons (Fsp3) is 0.268. The van der Waals surface area contributed by atoms with E-state index >= 15 is 0 Å². The molecule has 0 bridgehead atoms. The molecule has 0 fully saturated rings. The third-order valence-corrected chi connectivity index (χ3v) is 7.19. The Morgan fingerprint density at radius 2 is 1.29 bits per heavy atom. The number of allylic oxidation sites excluding steroid dienone is 1. The van der Waals surface area contributed by atoms with Crippen LogP contribution < -0.4 is 30.7 Å². The standard InChI is InChI=1S/C22H27NO.C9H13NO.C8H9NO2.CH3NO.CH2O/c1-18(15-19(2)21-11-7-4-8-12-21)13-14-23-22(17-24)16-20-9-5-3-6-10-20;1-10(2)8-4-6-9(11-3)7-5-8;1-11-8-4-2-7(3-5-8)9-6-10;2-1-3;1-2/h3-13,17,19,22-23H,14-16H2,1-2H3;4-7H,1-3H3;2-6H,1H3,(H,9,10);1H,(H2,2,3);1H2/b18-13+;;;;/t19?,22-;;;;/m0..../s1. The van der Waals surface area contributed by atoms with Gasteiger partial charge in [0.05, 0.1) is 20.3 Å². The number of anilines is 2. The van der Waals surface area contributed by atoms with Gasteiger partial charge in [-0.2, -0.15) is 0 Å². The van der Waals surface area contributed by atoms with Gasteiger partial charge in [0.2, 0.25) is 12.8 Å². The van der Waals surface area contributed by atoms with E-state index in [0.717, 1.165) is 42.9 Å². The van der Waals surface area contributed by atoms with Gasteiger partial charge >= 0.3 is 0 Å². The Balaban J connectivity index is 0.000000769. The van der Waals surface area contributed by atoms with Crippen molar-refractivity contribution in [1.29, 1.82) is 0 Å². The zero-order valence-corrected chi connectivity index (χ0v) is 30.7. The molecule has 4 rings (SSSR count). The number of hydrogen-bond acceptors (Lipinski definition) is 8. The van der Waals surface area contributed by atoms with Crippen molar-refractivity contribution in [2.75, 3.05) is 45.1 Å². The van der Waals surface area contributed by atoms with E-state index in [9.17, 15) is 9.59 Å². The van der Waals surface area contributed by atoms with E-state index in [1.807, 2.05) is 63.3 Å². The maximum atomic E-state index is 11.3. The molecule has 274 valence electrons. The molecule has 4 aromatic carbocycles. The van der Waals surface area contributed by atoms with Gasteiger partial charge in [0.15, 0.2) is 0 Å². The minimum Gasteiger partial charge on any atom is -0.497 e. The first-order valence-electron chi connectivity index (χ1n) is 16.2. The smallest absolute Gasteiger partial charge is 0.211 e. The quantitative estimate of drug-likeness (QED) is 0.101. The van der Waals surface area contributed by atoms with Crippen LogP contribution in [0.15, 0.2) is 121 Å². The number of hydrogen-bond donors (Lipinski definition) is 3. The van der Waals surface area contributed by atoms with E-state index in [0.29, 0.717) is 12.3 Å². The first kappa shape index (κ1) is 45.3.